The van der Waals surface area contributed by atoms with Gasteiger partial charge in [0.25, 0.3) is 5.91 Å². The number of hydrogen-bond acceptors (Lipinski definition) is 3. The Labute approximate surface area is 119 Å². The smallest absolute Gasteiger partial charge is 0.259 e. The largest absolute Gasteiger partial charge is 0.293 e. The molecule has 16 heavy (non-hydrogen) atoms. The zero-order valence-electron chi connectivity index (χ0n) is 8.01. The molecule has 4 nitrogen and oxygen atoms in total. The topological polar surface area (TPSA) is 63.2 Å². The van der Waals surface area contributed by atoms with Crippen molar-refractivity contribution in [3.05, 3.63) is 30.2 Å². The fourth-order valence-corrected chi connectivity index (χ4v) is 3.67. The van der Waals surface area contributed by atoms with Gasteiger partial charge in [0.15, 0.2) is 21.2 Å². The van der Waals surface area contributed by atoms with Crippen LogP contribution in [0, 0.1) is 3.57 Å². The van der Waals surface area contributed by atoms with Crippen molar-refractivity contribution >= 4 is 64.9 Å². The van der Waals surface area contributed by atoms with Crippen LogP contribution in [-0.2, 0) is 7.86 Å². The van der Waals surface area contributed by atoms with E-state index in [1.54, 1.807) is 6.07 Å². The van der Waals surface area contributed by atoms with E-state index in [0.717, 1.165) is 0 Å². The van der Waals surface area contributed by atoms with Crippen molar-refractivity contribution in [2.24, 2.45) is 0 Å². The maximum absolute atomic E-state index is 11.6. The Morgan fingerprint density at radius 1 is 1.31 bits per heavy atom. The third-order valence-electron chi connectivity index (χ3n) is 1.60. The van der Waals surface area contributed by atoms with E-state index in [9.17, 15) is 12.7 Å². The van der Waals surface area contributed by atoms with Gasteiger partial charge in [0.05, 0.1) is 9.13 Å². The predicted molar refractivity (Wildman–Crippen MR) is 73.4 cm³/mol. The van der Waals surface area contributed by atoms with Crippen molar-refractivity contribution in [1.29, 1.82) is 0 Å². The molecule has 1 aromatic rings. The summed E-state index contributed by atoms with van der Waals surface area (Å²) in [6.45, 7) is 1.25. The number of nitrogens with one attached hydrogen (secondary N) is 1. The highest BCUT2D eigenvalue weighted by atomic mass is 127. The molecular weight excluding hydrogens is 457 g/mol. The summed E-state index contributed by atoms with van der Waals surface area (Å²) in [5.41, 5.74) is 0.249. The summed E-state index contributed by atoms with van der Waals surface area (Å²) in [5, 5.41) is 2.15. The molecule has 0 aliphatic heterocycles. The van der Waals surface area contributed by atoms with E-state index < -0.39 is 33.0 Å². The van der Waals surface area contributed by atoms with Gasteiger partial charge in [-0.15, -0.1) is 0 Å². The summed E-state index contributed by atoms with van der Waals surface area (Å²) >= 11 is 4.96. The minimum atomic E-state index is -1.50. The van der Waals surface area contributed by atoms with Crippen LogP contribution in [0.1, 0.15) is 17.3 Å². The lowest BCUT2D eigenvalue weighted by molar-refractivity contribution is -0.118. The normalized spacial score (nSPS) is 9.94. The van der Waals surface area contributed by atoms with Crippen LogP contribution in [0.4, 0.5) is 0 Å². The fourth-order valence-electron chi connectivity index (χ4n) is 1.03. The third-order valence-corrected chi connectivity index (χ3v) is 5.03. The van der Waals surface area contributed by atoms with Gasteiger partial charge in [-0.2, -0.15) is 0 Å². The molecule has 0 atom stereocenters. The lowest BCUT2D eigenvalue weighted by Crippen LogP contribution is -2.28. The number of halogens is 3. The Bertz CT molecular complexity index is 476. The molecule has 0 aliphatic rings. The van der Waals surface area contributed by atoms with E-state index in [-0.39, 0.29) is 5.56 Å². The maximum atomic E-state index is 11.6. The van der Waals surface area contributed by atoms with Crippen molar-refractivity contribution < 1.29 is 12.7 Å². The first-order valence-corrected chi connectivity index (χ1v) is 7.58. The first-order valence-electron chi connectivity index (χ1n) is 4.03. The summed E-state index contributed by atoms with van der Waals surface area (Å²) in [6, 6.07) is 3.24. The molecule has 0 heterocycles. The first kappa shape index (κ1) is 13.9. The Kier molecular flexibility index (Phi) is 5.19. The Morgan fingerprint density at radius 3 is 2.44 bits per heavy atom. The molecular formula is C9H6Br2INO3. The van der Waals surface area contributed by atoms with Crippen molar-refractivity contribution in [2.45, 2.75) is 6.92 Å². The zero-order valence-corrected chi connectivity index (χ0v) is 13.3. The monoisotopic (exact) mass is 461 g/mol. The van der Waals surface area contributed by atoms with Crippen LogP contribution in [-0.4, -0.2) is 11.8 Å². The molecule has 0 aromatic heterocycles. The number of rotatable bonds is 2. The average Bonchev–Trinajstić information content (AvgIpc) is 2.15. The van der Waals surface area contributed by atoms with Gasteiger partial charge in [-0.05, 0) is 28.1 Å². The standard InChI is InChI=1S/C9H6Br2INO3/c1-4(14)13-9(15)6-2-5(10)3-7(11)8(6)12-16/h2-3H,1H3,(H,13,14,15). The average molecular weight is 463 g/mol. The van der Waals surface area contributed by atoms with Crippen molar-refractivity contribution in [1.82, 2.24) is 5.32 Å². The van der Waals surface area contributed by atoms with Gasteiger partial charge >= 0.3 is 0 Å². The summed E-state index contributed by atoms with van der Waals surface area (Å²) in [6.07, 6.45) is 0. The maximum Gasteiger partial charge on any atom is 0.259 e. The van der Waals surface area contributed by atoms with Crippen LogP contribution in [0.5, 0.6) is 0 Å². The summed E-state index contributed by atoms with van der Waals surface area (Å²) in [7, 11) is 0. The molecule has 1 aromatic carbocycles. The van der Waals surface area contributed by atoms with E-state index in [1.807, 2.05) is 0 Å². The fraction of sp³-hybridized carbons (Fsp3) is 0.111. The van der Waals surface area contributed by atoms with Gasteiger partial charge in [0.1, 0.15) is 0 Å². The molecule has 0 saturated carbocycles. The van der Waals surface area contributed by atoms with Crippen LogP contribution >= 0.6 is 53.1 Å². The van der Waals surface area contributed by atoms with Crippen molar-refractivity contribution in [3.8, 4) is 0 Å². The second-order valence-corrected chi connectivity index (χ2v) is 6.13. The molecule has 0 saturated heterocycles. The lowest BCUT2D eigenvalue weighted by atomic mass is 10.2. The van der Waals surface area contributed by atoms with E-state index in [0.29, 0.717) is 12.5 Å². The predicted octanol–water partition coefficient (Wildman–Crippen LogP) is 2.97. The number of carbonyl (C=O) groups excluding carboxylic acids is 2. The molecule has 86 valence electrons. The molecule has 1 N–H and O–H groups in total. The molecule has 0 unspecified atom stereocenters. The minimum Gasteiger partial charge on any atom is -0.293 e. The summed E-state index contributed by atoms with van der Waals surface area (Å²) in [5.74, 6) is -0.990. The van der Waals surface area contributed by atoms with E-state index in [4.69, 9.17) is 0 Å². The molecule has 7 heteroatoms. The number of carbonyl (C=O) groups is 2. The van der Waals surface area contributed by atoms with Crippen LogP contribution in [0.15, 0.2) is 21.1 Å². The Morgan fingerprint density at radius 2 is 1.94 bits per heavy atom. The third kappa shape index (κ3) is 3.42. The first-order chi connectivity index (χ1) is 7.45. The minimum absolute atomic E-state index is 0.249. The van der Waals surface area contributed by atoms with Crippen molar-refractivity contribution in [3.63, 3.8) is 0 Å². The molecule has 0 spiro atoms. The Hall–Kier alpha value is -0.150. The molecule has 1 rings (SSSR count). The molecule has 0 aliphatic carbocycles. The van der Waals surface area contributed by atoms with Crippen LogP contribution in [0.3, 0.4) is 0 Å². The lowest BCUT2D eigenvalue weighted by Gasteiger charge is -2.06. The molecule has 0 radical (unpaired) electrons. The summed E-state index contributed by atoms with van der Waals surface area (Å²) < 4.78 is 12.8. The van der Waals surface area contributed by atoms with Crippen LogP contribution in [0.25, 0.3) is 0 Å². The second kappa shape index (κ2) is 5.97. The highest BCUT2D eigenvalue weighted by molar-refractivity contribution is 14.1. The van der Waals surface area contributed by atoms with Gasteiger partial charge in [-0.3, -0.25) is 18.0 Å². The second-order valence-electron chi connectivity index (χ2n) is 2.84. The Balaban J connectivity index is 3.25. The van der Waals surface area contributed by atoms with Gasteiger partial charge in [-0.1, -0.05) is 15.9 Å². The quantitative estimate of drug-likeness (QED) is 0.543. The molecule has 0 fully saturated rings. The number of amides is 2. The SMILES string of the molecule is CC(=O)NC(=O)c1cc(Br)cc(Br)c1I=O. The van der Waals surface area contributed by atoms with Gasteiger partial charge in [0, 0.05) is 15.9 Å². The van der Waals surface area contributed by atoms with Gasteiger partial charge in [0.2, 0.25) is 5.91 Å². The molecule has 2 amide bonds. The summed E-state index contributed by atoms with van der Waals surface area (Å²) in [4.78, 5) is 22.4. The van der Waals surface area contributed by atoms with Crippen LogP contribution < -0.4 is 5.32 Å². The number of imide groups is 1. The van der Waals surface area contributed by atoms with Crippen molar-refractivity contribution in [2.75, 3.05) is 0 Å². The van der Waals surface area contributed by atoms with E-state index in [2.05, 4.69) is 37.2 Å². The van der Waals surface area contributed by atoms with Gasteiger partial charge in [-0.25, -0.2) is 0 Å². The molecule has 0 bridgehead atoms. The van der Waals surface area contributed by atoms with E-state index in [1.165, 1.54) is 13.0 Å². The zero-order chi connectivity index (χ0) is 12.3. The highest BCUT2D eigenvalue weighted by Crippen LogP contribution is 2.29. The van der Waals surface area contributed by atoms with E-state index >= 15 is 0 Å². The highest BCUT2D eigenvalue weighted by Gasteiger charge is 2.16. The van der Waals surface area contributed by atoms with Crippen LogP contribution in [0.2, 0.25) is 0 Å². The number of benzene rings is 1. The number of hydrogen-bond donors (Lipinski definition) is 1. The van der Waals surface area contributed by atoms with Gasteiger partial charge < -0.3 is 0 Å².